The van der Waals surface area contributed by atoms with Gasteiger partial charge in [0.1, 0.15) is 0 Å². The molecule has 0 spiro atoms. The Morgan fingerprint density at radius 1 is 0.909 bits per heavy atom. The van der Waals surface area contributed by atoms with Crippen molar-refractivity contribution in [2.24, 2.45) is 0 Å². The number of rotatable bonds is 6. The zero-order chi connectivity index (χ0) is 17.3. The van der Waals surface area contributed by atoms with Gasteiger partial charge in [0.25, 0.3) is 0 Å². The number of aryl methyl sites for hydroxylation is 2. The molecule has 0 saturated heterocycles. The molecule has 0 radical (unpaired) electrons. The first-order valence-electron chi connectivity index (χ1n) is 9.07. The van der Waals surface area contributed by atoms with E-state index in [-0.39, 0.29) is 0 Å². The molecular formula is C21H39N. The van der Waals surface area contributed by atoms with E-state index >= 15 is 0 Å². The molecular weight excluding hydrogens is 266 g/mol. The lowest BCUT2D eigenvalue weighted by molar-refractivity contribution is 0.169. The highest BCUT2D eigenvalue weighted by molar-refractivity contribution is 5.32. The number of benzene rings is 1. The fourth-order valence-electron chi connectivity index (χ4n) is 2.90. The highest BCUT2D eigenvalue weighted by Gasteiger charge is 2.16. The van der Waals surface area contributed by atoms with Crippen molar-refractivity contribution in [3.05, 3.63) is 34.9 Å². The van der Waals surface area contributed by atoms with E-state index in [4.69, 9.17) is 0 Å². The van der Waals surface area contributed by atoms with Crippen LogP contribution < -0.4 is 0 Å². The van der Waals surface area contributed by atoms with Gasteiger partial charge in [0.15, 0.2) is 0 Å². The molecule has 0 fully saturated rings. The largest absolute Gasteiger partial charge is 0.299 e. The molecule has 0 amide bonds. The van der Waals surface area contributed by atoms with Crippen LogP contribution in [0.5, 0.6) is 0 Å². The van der Waals surface area contributed by atoms with E-state index in [1.807, 2.05) is 0 Å². The minimum absolute atomic E-state index is 0.630. The van der Waals surface area contributed by atoms with Crippen molar-refractivity contribution in [1.82, 2.24) is 4.90 Å². The standard InChI is InChI=1S/C18H31N.C3H8/c1-13(2)19(14(3)4)11-10-17(7)18-12-15(5)8-9-16(18)6;1-3-2/h8-9,12-14,17H,10-11H2,1-7H3;3H2,1-2H3/t17-;/m0./s1. The lowest BCUT2D eigenvalue weighted by Crippen LogP contribution is -2.38. The van der Waals surface area contributed by atoms with E-state index in [0.717, 1.165) is 0 Å². The summed E-state index contributed by atoms with van der Waals surface area (Å²) >= 11 is 0. The highest BCUT2D eigenvalue weighted by atomic mass is 15.2. The fourth-order valence-corrected chi connectivity index (χ4v) is 2.90. The maximum absolute atomic E-state index is 2.58. The van der Waals surface area contributed by atoms with Crippen molar-refractivity contribution < 1.29 is 0 Å². The molecule has 0 aliphatic carbocycles. The van der Waals surface area contributed by atoms with Crippen molar-refractivity contribution >= 4 is 0 Å². The second-order valence-electron chi connectivity index (χ2n) is 7.18. The Labute approximate surface area is 140 Å². The van der Waals surface area contributed by atoms with Crippen LogP contribution >= 0.6 is 0 Å². The summed E-state index contributed by atoms with van der Waals surface area (Å²) in [6, 6.07) is 8.08. The van der Waals surface area contributed by atoms with Gasteiger partial charge in [-0.25, -0.2) is 0 Å². The minimum Gasteiger partial charge on any atom is -0.299 e. The summed E-state index contributed by atoms with van der Waals surface area (Å²) < 4.78 is 0. The summed E-state index contributed by atoms with van der Waals surface area (Å²) in [6.45, 7) is 21.4. The Bertz CT molecular complexity index is 398. The summed E-state index contributed by atoms with van der Waals surface area (Å²) in [5.74, 6) is 0.639. The molecule has 0 saturated carbocycles. The highest BCUT2D eigenvalue weighted by Crippen LogP contribution is 2.24. The quantitative estimate of drug-likeness (QED) is 0.593. The number of nitrogens with zero attached hydrogens (tertiary/aromatic N) is 1. The van der Waals surface area contributed by atoms with Crippen LogP contribution in [-0.2, 0) is 0 Å². The van der Waals surface area contributed by atoms with Gasteiger partial charge in [-0.15, -0.1) is 0 Å². The summed E-state index contributed by atoms with van der Waals surface area (Å²) in [5.41, 5.74) is 4.32. The number of hydrogen-bond acceptors (Lipinski definition) is 1. The molecule has 0 bridgehead atoms. The molecule has 1 aromatic carbocycles. The van der Waals surface area contributed by atoms with E-state index in [1.54, 1.807) is 0 Å². The fraction of sp³-hybridized carbons (Fsp3) is 0.714. The monoisotopic (exact) mass is 305 g/mol. The second kappa shape index (κ2) is 10.8. The van der Waals surface area contributed by atoms with Crippen molar-refractivity contribution in [2.75, 3.05) is 6.54 Å². The normalized spacial score (nSPS) is 12.5. The van der Waals surface area contributed by atoms with E-state index in [0.29, 0.717) is 18.0 Å². The summed E-state index contributed by atoms with van der Waals surface area (Å²) in [6.07, 6.45) is 2.49. The first-order valence-corrected chi connectivity index (χ1v) is 9.07. The topological polar surface area (TPSA) is 3.24 Å². The molecule has 0 aliphatic heterocycles. The van der Waals surface area contributed by atoms with Crippen LogP contribution in [0, 0.1) is 13.8 Å². The van der Waals surface area contributed by atoms with Crippen molar-refractivity contribution in [1.29, 1.82) is 0 Å². The predicted octanol–water partition coefficient (Wildman–Crippen LogP) is 6.33. The second-order valence-corrected chi connectivity index (χ2v) is 7.18. The van der Waals surface area contributed by atoms with E-state index in [1.165, 1.54) is 36.1 Å². The van der Waals surface area contributed by atoms with Crippen LogP contribution in [0.4, 0.5) is 0 Å². The molecule has 1 heteroatoms. The van der Waals surface area contributed by atoms with Crippen molar-refractivity contribution in [3.8, 4) is 0 Å². The van der Waals surface area contributed by atoms with Crippen LogP contribution in [0.15, 0.2) is 18.2 Å². The van der Waals surface area contributed by atoms with Crippen LogP contribution in [0.25, 0.3) is 0 Å². The zero-order valence-electron chi connectivity index (χ0n) is 16.5. The average molecular weight is 306 g/mol. The van der Waals surface area contributed by atoms with Crippen LogP contribution in [0.1, 0.15) is 83.9 Å². The van der Waals surface area contributed by atoms with Gasteiger partial charge in [-0.2, -0.15) is 0 Å². The van der Waals surface area contributed by atoms with Gasteiger partial charge in [-0.3, -0.25) is 4.90 Å². The SMILES string of the molecule is CCC.Cc1ccc(C)c([C@@H](C)CCN(C(C)C)C(C)C)c1. The maximum atomic E-state index is 2.58. The van der Waals surface area contributed by atoms with Gasteiger partial charge >= 0.3 is 0 Å². The van der Waals surface area contributed by atoms with Gasteiger partial charge in [0, 0.05) is 12.1 Å². The smallest absolute Gasteiger partial charge is 0.00412 e. The maximum Gasteiger partial charge on any atom is 0.00412 e. The van der Waals surface area contributed by atoms with Gasteiger partial charge in [0.2, 0.25) is 0 Å². The van der Waals surface area contributed by atoms with Crippen LogP contribution in [0.2, 0.25) is 0 Å². The van der Waals surface area contributed by atoms with Gasteiger partial charge in [-0.1, -0.05) is 51.0 Å². The van der Waals surface area contributed by atoms with Gasteiger partial charge in [0.05, 0.1) is 0 Å². The van der Waals surface area contributed by atoms with Crippen molar-refractivity contribution in [2.45, 2.75) is 93.2 Å². The third-order valence-corrected chi connectivity index (χ3v) is 4.11. The van der Waals surface area contributed by atoms with Crippen LogP contribution in [-0.4, -0.2) is 23.5 Å². The molecule has 22 heavy (non-hydrogen) atoms. The molecule has 0 heterocycles. The molecule has 1 aromatic rings. The molecule has 0 N–H and O–H groups in total. The lowest BCUT2D eigenvalue weighted by Gasteiger charge is -2.31. The molecule has 1 atom stereocenters. The van der Waals surface area contributed by atoms with Crippen molar-refractivity contribution in [3.63, 3.8) is 0 Å². The van der Waals surface area contributed by atoms with E-state index in [9.17, 15) is 0 Å². The molecule has 1 rings (SSSR count). The Hall–Kier alpha value is -0.820. The Kier molecular flexibility index (Phi) is 10.4. The summed E-state index contributed by atoms with van der Waals surface area (Å²) in [5, 5.41) is 0. The molecule has 0 aromatic heterocycles. The Morgan fingerprint density at radius 2 is 1.41 bits per heavy atom. The lowest BCUT2D eigenvalue weighted by atomic mass is 9.92. The van der Waals surface area contributed by atoms with Crippen LogP contribution in [0.3, 0.4) is 0 Å². The number of hydrogen-bond donors (Lipinski definition) is 0. The van der Waals surface area contributed by atoms with Gasteiger partial charge in [-0.05, 0) is 71.6 Å². The minimum atomic E-state index is 0.630. The molecule has 1 nitrogen and oxygen atoms in total. The summed E-state index contributed by atoms with van der Waals surface area (Å²) in [4.78, 5) is 2.58. The van der Waals surface area contributed by atoms with E-state index < -0.39 is 0 Å². The van der Waals surface area contributed by atoms with Gasteiger partial charge < -0.3 is 0 Å². The molecule has 0 aliphatic rings. The Balaban J connectivity index is 0.00000135. The summed E-state index contributed by atoms with van der Waals surface area (Å²) in [7, 11) is 0. The zero-order valence-corrected chi connectivity index (χ0v) is 16.5. The third-order valence-electron chi connectivity index (χ3n) is 4.11. The Morgan fingerprint density at radius 3 is 1.86 bits per heavy atom. The third kappa shape index (κ3) is 7.45. The predicted molar refractivity (Wildman–Crippen MR) is 102 cm³/mol. The van der Waals surface area contributed by atoms with E-state index in [2.05, 4.69) is 85.4 Å². The molecule has 128 valence electrons. The average Bonchev–Trinajstić information content (AvgIpc) is 2.41. The first-order chi connectivity index (χ1) is 10.2. The molecule has 0 unspecified atom stereocenters. The first kappa shape index (κ1) is 21.2.